The highest BCUT2D eigenvalue weighted by Gasteiger charge is 2.19. The second-order valence-corrected chi connectivity index (χ2v) is 5.82. The monoisotopic (exact) mass is 358 g/mol. The van der Waals surface area contributed by atoms with Gasteiger partial charge in [-0.2, -0.15) is 0 Å². The number of quaternary nitrogens is 1. The number of hydrogen-bond acceptors (Lipinski definition) is 4. The second kappa shape index (κ2) is 11.1. The van der Waals surface area contributed by atoms with Crippen LogP contribution in [0, 0.1) is 0 Å². The first kappa shape index (κ1) is 20.5. The van der Waals surface area contributed by atoms with Crippen LogP contribution < -0.4 is 27.4 Å². The maximum Gasteiger partial charge on any atom is 0.411 e. The van der Waals surface area contributed by atoms with Crippen molar-refractivity contribution in [1.82, 2.24) is 0 Å². The second-order valence-electron chi connectivity index (χ2n) is 5.82. The molecule has 0 saturated carbocycles. The smallest absolute Gasteiger partial charge is 0.411 e. The largest absolute Gasteiger partial charge is 1.00 e. The van der Waals surface area contributed by atoms with Crippen molar-refractivity contribution in [3.05, 3.63) is 24.3 Å². The topological polar surface area (TPSA) is 72.2 Å². The molecule has 1 saturated heterocycles. The van der Waals surface area contributed by atoms with E-state index in [0.29, 0.717) is 24.6 Å². The van der Waals surface area contributed by atoms with Crippen molar-refractivity contribution in [3.63, 3.8) is 0 Å². The molecule has 24 heavy (non-hydrogen) atoms. The van der Waals surface area contributed by atoms with E-state index < -0.39 is 12.2 Å². The third-order valence-corrected chi connectivity index (χ3v) is 3.92. The van der Waals surface area contributed by atoms with E-state index in [2.05, 4.69) is 5.32 Å². The average Bonchev–Trinajstić information content (AvgIpc) is 2.56. The van der Waals surface area contributed by atoms with Gasteiger partial charge in [0.05, 0.1) is 25.4 Å². The molecule has 1 heterocycles. The van der Waals surface area contributed by atoms with E-state index >= 15 is 0 Å². The van der Waals surface area contributed by atoms with E-state index in [1.54, 1.807) is 12.1 Å². The fourth-order valence-corrected chi connectivity index (χ4v) is 2.82. The third kappa shape index (κ3) is 6.95. The first-order valence-electron chi connectivity index (χ1n) is 8.36. The molecule has 1 aromatic rings. The number of hydrogen-bond donors (Lipinski definition) is 3. The molecule has 1 fully saturated rings. The zero-order valence-corrected chi connectivity index (χ0v) is 14.8. The lowest BCUT2D eigenvalue weighted by Crippen LogP contribution is -3.14. The maximum atomic E-state index is 11.9. The van der Waals surface area contributed by atoms with E-state index in [4.69, 9.17) is 9.47 Å². The Kier molecular flexibility index (Phi) is 9.52. The van der Waals surface area contributed by atoms with Crippen LogP contribution in [0.25, 0.3) is 0 Å². The van der Waals surface area contributed by atoms with E-state index in [-0.39, 0.29) is 19.0 Å². The first-order valence-corrected chi connectivity index (χ1v) is 8.36. The SMILES string of the molecule is CCOc1ccccc1NC(=O)OCC(O)C[NH+]1CCCCC1.[Cl-]. The van der Waals surface area contributed by atoms with Gasteiger partial charge >= 0.3 is 6.09 Å². The summed E-state index contributed by atoms with van der Waals surface area (Å²) in [5.74, 6) is 0.602. The standard InChI is InChI=1S/C17H26N2O4.ClH/c1-2-22-16-9-5-4-8-15(16)18-17(21)23-13-14(20)12-19-10-6-3-7-11-19;/h4-5,8-9,14,20H,2-3,6-7,10-13H2,1H3,(H,18,21);1H. The normalized spacial score (nSPS) is 15.9. The molecule has 0 aliphatic carbocycles. The van der Waals surface area contributed by atoms with Crippen LogP contribution in [0.2, 0.25) is 0 Å². The van der Waals surface area contributed by atoms with Gasteiger partial charge in [0, 0.05) is 0 Å². The lowest BCUT2D eigenvalue weighted by atomic mass is 10.1. The molecule has 0 aromatic heterocycles. The summed E-state index contributed by atoms with van der Waals surface area (Å²) in [6.45, 7) is 5.21. The molecule has 1 aliphatic rings. The summed E-state index contributed by atoms with van der Waals surface area (Å²) in [5, 5.41) is 12.7. The molecule has 1 atom stereocenters. The van der Waals surface area contributed by atoms with Gasteiger partial charge < -0.3 is 31.9 Å². The van der Waals surface area contributed by atoms with Gasteiger partial charge in [0.25, 0.3) is 0 Å². The Hall–Kier alpha value is -1.50. The average molecular weight is 359 g/mol. The molecule has 1 amide bonds. The summed E-state index contributed by atoms with van der Waals surface area (Å²) in [7, 11) is 0. The predicted octanol–water partition coefficient (Wildman–Crippen LogP) is -1.93. The molecule has 3 N–H and O–H groups in total. The number of nitrogens with one attached hydrogen (secondary N) is 2. The van der Waals surface area contributed by atoms with Gasteiger partial charge in [-0.15, -0.1) is 0 Å². The number of aliphatic hydroxyl groups is 1. The molecule has 1 aliphatic heterocycles. The van der Waals surface area contributed by atoms with Gasteiger partial charge in [-0.3, -0.25) is 5.32 Å². The van der Waals surface area contributed by atoms with Crippen LogP contribution in [0.3, 0.4) is 0 Å². The van der Waals surface area contributed by atoms with Crippen LogP contribution in [-0.4, -0.2) is 50.2 Å². The lowest BCUT2D eigenvalue weighted by molar-refractivity contribution is -0.908. The molecule has 0 spiro atoms. The Bertz CT molecular complexity index is 495. The van der Waals surface area contributed by atoms with Gasteiger partial charge in [0.1, 0.15) is 25.0 Å². The minimum atomic E-state index is -0.629. The molecule has 0 bridgehead atoms. The number of halogens is 1. The summed E-state index contributed by atoms with van der Waals surface area (Å²) in [4.78, 5) is 13.2. The van der Waals surface area contributed by atoms with Crippen molar-refractivity contribution in [3.8, 4) is 5.75 Å². The zero-order valence-electron chi connectivity index (χ0n) is 14.1. The summed E-state index contributed by atoms with van der Waals surface area (Å²) in [6.07, 6.45) is 2.48. The van der Waals surface area contributed by atoms with Gasteiger partial charge in [0.2, 0.25) is 0 Å². The number of piperidine rings is 1. The number of rotatable bonds is 7. The van der Waals surface area contributed by atoms with Crippen molar-refractivity contribution < 1.29 is 36.7 Å². The molecule has 6 nitrogen and oxygen atoms in total. The molecule has 136 valence electrons. The van der Waals surface area contributed by atoms with Gasteiger partial charge in [-0.05, 0) is 38.3 Å². The Morgan fingerprint density at radius 2 is 2.00 bits per heavy atom. The first-order chi connectivity index (χ1) is 11.2. The Balaban J connectivity index is 0.00000288. The number of aliphatic hydroxyl groups excluding tert-OH is 1. The summed E-state index contributed by atoms with van der Waals surface area (Å²) >= 11 is 0. The minimum Gasteiger partial charge on any atom is -1.00 e. The third-order valence-electron chi connectivity index (χ3n) is 3.92. The molecule has 0 radical (unpaired) electrons. The number of amides is 1. The number of anilines is 1. The van der Waals surface area contributed by atoms with Gasteiger partial charge in [0.15, 0.2) is 0 Å². The lowest BCUT2D eigenvalue weighted by Gasteiger charge is -2.25. The van der Waals surface area contributed by atoms with Crippen LogP contribution in [0.1, 0.15) is 26.2 Å². The van der Waals surface area contributed by atoms with Crippen LogP contribution in [0.15, 0.2) is 24.3 Å². The van der Waals surface area contributed by atoms with Crippen molar-refractivity contribution in [2.75, 3.05) is 38.2 Å². The zero-order chi connectivity index (χ0) is 16.5. The predicted molar refractivity (Wildman–Crippen MR) is 88.0 cm³/mol. The van der Waals surface area contributed by atoms with Gasteiger partial charge in [-0.1, -0.05) is 12.1 Å². The highest BCUT2D eigenvalue weighted by atomic mass is 35.5. The Morgan fingerprint density at radius 1 is 1.29 bits per heavy atom. The Morgan fingerprint density at radius 3 is 2.71 bits per heavy atom. The molecule has 2 rings (SSSR count). The van der Waals surface area contributed by atoms with E-state index in [1.807, 2.05) is 19.1 Å². The van der Waals surface area contributed by atoms with E-state index in [0.717, 1.165) is 13.1 Å². The van der Waals surface area contributed by atoms with Crippen molar-refractivity contribution in [2.45, 2.75) is 32.3 Å². The number of ether oxygens (including phenoxy) is 2. The van der Waals surface area contributed by atoms with Crippen LogP contribution >= 0.6 is 0 Å². The number of benzene rings is 1. The molecule has 1 aromatic carbocycles. The molecule has 7 heteroatoms. The Labute approximate surface area is 149 Å². The molecule has 1 unspecified atom stereocenters. The minimum absolute atomic E-state index is 0. The summed E-state index contributed by atoms with van der Waals surface area (Å²) in [6, 6.07) is 7.19. The van der Waals surface area contributed by atoms with Crippen molar-refractivity contribution in [2.24, 2.45) is 0 Å². The fraction of sp³-hybridized carbons (Fsp3) is 0.588. The maximum absolute atomic E-state index is 11.9. The number of likely N-dealkylation sites (tertiary alicyclic amines) is 1. The van der Waals surface area contributed by atoms with Crippen molar-refractivity contribution >= 4 is 11.8 Å². The highest BCUT2D eigenvalue weighted by Crippen LogP contribution is 2.23. The molecular weight excluding hydrogens is 332 g/mol. The van der Waals surface area contributed by atoms with Gasteiger partial charge in [-0.25, -0.2) is 4.79 Å². The summed E-state index contributed by atoms with van der Waals surface area (Å²) in [5.41, 5.74) is 0.565. The number of carbonyl (C=O) groups excluding carboxylic acids is 1. The van der Waals surface area contributed by atoms with Crippen LogP contribution in [0.5, 0.6) is 5.75 Å². The number of carbonyl (C=O) groups is 1. The number of para-hydroxylation sites is 2. The van der Waals surface area contributed by atoms with Crippen molar-refractivity contribution in [1.29, 1.82) is 0 Å². The molecular formula is C17H27ClN2O4. The summed E-state index contributed by atoms with van der Waals surface area (Å²) < 4.78 is 10.6. The van der Waals surface area contributed by atoms with E-state index in [1.165, 1.54) is 24.2 Å². The van der Waals surface area contributed by atoms with Crippen LogP contribution in [-0.2, 0) is 4.74 Å². The fourth-order valence-electron chi connectivity index (χ4n) is 2.82. The van der Waals surface area contributed by atoms with E-state index in [9.17, 15) is 9.90 Å². The quantitative estimate of drug-likeness (QED) is 0.531. The van der Waals surface area contributed by atoms with Crippen LogP contribution in [0.4, 0.5) is 10.5 Å². The highest BCUT2D eigenvalue weighted by molar-refractivity contribution is 5.86.